The lowest BCUT2D eigenvalue weighted by Gasteiger charge is -2.27. The zero-order chi connectivity index (χ0) is 14.4. The maximum absolute atomic E-state index is 3.78. The Morgan fingerprint density at radius 2 is 1.80 bits per heavy atom. The number of hydrogen-bond donors (Lipinski definition) is 1. The van der Waals surface area contributed by atoms with Crippen LogP contribution in [0.2, 0.25) is 0 Å². The zero-order valence-corrected chi connectivity index (χ0v) is 13.5. The average Bonchev–Trinajstić information content (AvgIpc) is 2.48. The molecule has 0 saturated heterocycles. The molecule has 0 amide bonds. The Hall–Kier alpha value is -0.820. The number of nitrogens with one attached hydrogen (secondary N) is 1. The summed E-state index contributed by atoms with van der Waals surface area (Å²) in [5.74, 6) is 0.716. The van der Waals surface area contributed by atoms with Crippen molar-refractivity contribution in [2.75, 3.05) is 6.54 Å². The molecule has 1 N–H and O–H groups in total. The van der Waals surface area contributed by atoms with Gasteiger partial charge in [-0.25, -0.2) is 0 Å². The lowest BCUT2D eigenvalue weighted by atomic mass is 9.85. The smallest absolute Gasteiger partial charge is 0.0346 e. The quantitative estimate of drug-likeness (QED) is 0.733. The second kappa shape index (κ2) is 7.83. The number of hydrogen-bond acceptors (Lipinski definition) is 1. The van der Waals surface area contributed by atoms with Crippen LogP contribution in [0.3, 0.4) is 0 Å². The minimum absolute atomic E-state index is 0.530. The monoisotopic (exact) mass is 273 g/mol. The van der Waals surface area contributed by atoms with Gasteiger partial charge < -0.3 is 5.32 Å². The van der Waals surface area contributed by atoms with Gasteiger partial charge in [0, 0.05) is 6.04 Å². The first-order valence-corrected chi connectivity index (χ1v) is 8.61. The normalized spacial score (nSPS) is 17.6. The standard InChI is InChI=1S/C19H31N/c1-4-8-15(3)19(20-13-5-2)18-12-11-16-9-6-7-10-17(16)14-18/h11-12,14-15,19-20H,4-10,13H2,1-3H3. The van der Waals surface area contributed by atoms with Crippen molar-refractivity contribution in [1.29, 1.82) is 0 Å². The lowest BCUT2D eigenvalue weighted by molar-refractivity contribution is 0.363. The van der Waals surface area contributed by atoms with Crippen molar-refractivity contribution >= 4 is 0 Å². The summed E-state index contributed by atoms with van der Waals surface area (Å²) < 4.78 is 0. The third kappa shape index (κ3) is 3.85. The molecule has 0 bridgehead atoms. The van der Waals surface area contributed by atoms with Gasteiger partial charge in [-0.05, 0) is 67.7 Å². The summed E-state index contributed by atoms with van der Waals surface area (Å²) in [6.07, 6.45) is 9.10. The molecule has 0 aromatic heterocycles. The van der Waals surface area contributed by atoms with E-state index in [1.807, 2.05) is 0 Å². The maximum atomic E-state index is 3.78. The van der Waals surface area contributed by atoms with Crippen LogP contribution in [0.1, 0.15) is 75.6 Å². The largest absolute Gasteiger partial charge is 0.310 e. The highest BCUT2D eigenvalue weighted by molar-refractivity contribution is 5.35. The van der Waals surface area contributed by atoms with E-state index in [2.05, 4.69) is 44.3 Å². The van der Waals surface area contributed by atoms with Gasteiger partial charge in [0.1, 0.15) is 0 Å². The molecule has 2 rings (SSSR count). The van der Waals surface area contributed by atoms with Gasteiger partial charge in [0.25, 0.3) is 0 Å². The summed E-state index contributed by atoms with van der Waals surface area (Å²) in [6.45, 7) is 8.06. The van der Waals surface area contributed by atoms with Crippen LogP contribution < -0.4 is 5.32 Å². The molecule has 112 valence electrons. The summed E-state index contributed by atoms with van der Waals surface area (Å²) >= 11 is 0. The van der Waals surface area contributed by atoms with Crippen molar-refractivity contribution in [1.82, 2.24) is 5.32 Å². The fourth-order valence-corrected chi connectivity index (χ4v) is 3.52. The number of benzene rings is 1. The highest BCUT2D eigenvalue weighted by atomic mass is 14.9. The van der Waals surface area contributed by atoms with E-state index in [4.69, 9.17) is 0 Å². The molecule has 0 fully saturated rings. The Morgan fingerprint density at radius 1 is 1.05 bits per heavy atom. The first-order valence-electron chi connectivity index (χ1n) is 8.61. The second-order valence-corrected chi connectivity index (χ2v) is 6.43. The summed E-state index contributed by atoms with van der Waals surface area (Å²) in [7, 11) is 0. The third-order valence-electron chi connectivity index (χ3n) is 4.66. The topological polar surface area (TPSA) is 12.0 Å². The molecule has 0 radical (unpaired) electrons. The second-order valence-electron chi connectivity index (χ2n) is 6.43. The van der Waals surface area contributed by atoms with Crippen LogP contribution in [0, 0.1) is 5.92 Å². The third-order valence-corrected chi connectivity index (χ3v) is 4.66. The van der Waals surface area contributed by atoms with E-state index in [9.17, 15) is 0 Å². The van der Waals surface area contributed by atoms with Crippen LogP contribution in [0.4, 0.5) is 0 Å². The van der Waals surface area contributed by atoms with Crippen LogP contribution in [-0.4, -0.2) is 6.54 Å². The molecule has 1 aliphatic rings. The molecule has 2 unspecified atom stereocenters. The maximum Gasteiger partial charge on any atom is 0.0346 e. The molecule has 0 saturated carbocycles. The summed E-state index contributed by atoms with van der Waals surface area (Å²) in [6, 6.07) is 7.79. The van der Waals surface area contributed by atoms with Gasteiger partial charge in [-0.2, -0.15) is 0 Å². The number of aryl methyl sites for hydroxylation is 2. The molecule has 1 aliphatic carbocycles. The average molecular weight is 273 g/mol. The Labute approximate surface area is 125 Å². The number of fused-ring (bicyclic) bond motifs is 1. The van der Waals surface area contributed by atoms with Gasteiger partial charge in [-0.3, -0.25) is 0 Å². The van der Waals surface area contributed by atoms with Gasteiger partial charge in [-0.1, -0.05) is 45.4 Å². The fourth-order valence-electron chi connectivity index (χ4n) is 3.52. The molecule has 20 heavy (non-hydrogen) atoms. The van der Waals surface area contributed by atoms with E-state index >= 15 is 0 Å². The molecule has 0 spiro atoms. The Bertz CT molecular complexity index is 410. The summed E-state index contributed by atoms with van der Waals surface area (Å²) in [5, 5.41) is 3.78. The van der Waals surface area contributed by atoms with E-state index in [1.54, 1.807) is 11.1 Å². The Morgan fingerprint density at radius 3 is 2.50 bits per heavy atom. The molecule has 0 heterocycles. The van der Waals surface area contributed by atoms with Crippen molar-refractivity contribution in [3.05, 3.63) is 34.9 Å². The van der Waals surface area contributed by atoms with Crippen LogP contribution in [0.25, 0.3) is 0 Å². The molecule has 0 aliphatic heterocycles. The predicted molar refractivity (Wildman–Crippen MR) is 88.2 cm³/mol. The minimum atomic E-state index is 0.530. The van der Waals surface area contributed by atoms with E-state index in [0.29, 0.717) is 12.0 Å². The van der Waals surface area contributed by atoms with Gasteiger partial charge in [0.2, 0.25) is 0 Å². The Balaban J connectivity index is 2.18. The van der Waals surface area contributed by atoms with Crippen molar-refractivity contribution in [3.8, 4) is 0 Å². The van der Waals surface area contributed by atoms with Gasteiger partial charge >= 0.3 is 0 Å². The summed E-state index contributed by atoms with van der Waals surface area (Å²) in [5.41, 5.74) is 4.72. The first-order chi connectivity index (χ1) is 9.76. The van der Waals surface area contributed by atoms with E-state index in [-0.39, 0.29) is 0 Å². The number of rotatable bonds is 7. The van der Waals surface area contributed by atoms with Crippen molar-refractivity contribution in [3.63, 3.8) is 0 Å². The molecular formula is C19H31N. The van der Waals surface area contributed by atoms with E-state index < -0.39 is 0 Å². The molecule has 1 nitrogen and oxygen atoms in total. The van der Waals surface area contributed by atoms with Gasteiger partial charge in [0.05, 0.1) is 0 Å². The minimum Gasteiger partial charge on any atom is -0.310 e. The lowest BCUT2D eigenvalue weighted by Crippen LogP contribution is -2.28. The highest BCUT2D eigenvalue weighted by Gasteiger charge is 2.19. The molecular weight excluding hydrogens is 242 g/mol. The fraction of sp³-hybridized carbons (Fsp3) is 0.684. The van der Waals surface area contributed by atoms with Crippen molar-refractivity contribution in [2.24, 2.45) is 5.92 Å². The van der Waals surface area contributed by atoms with Crippen LogP contribution in [-0.2, 0) is 12.8 Å². The summed E-state index contributed by atoms with van der Waals surface area (Å²) in [4.78, 5) is 0. The van der Waals surface area contributed by atoms with Gasteiger partial charge in [0.15, 0.2) is 0 Å². The van der Waals surface area contributed by atoms with Gasteiger partial charge in [-0.15, -0.1) is 0 Å². The molecule has 1 aromatic rings. The highest BCUT2D eigenvalue weighted by Crippen LogP contribution is 2.29. The van der Waals surface area contributed by atoms with E-state index in [0.717, 1.165) is 6.54 Å². The SMILES string of the molecule is CCCNC(c1ccc2c(c1)CCCC2)C(C)CCC. The Kier molecular flexibility index (Phi) is 6.09. The molecule has 1 aromatic carbocycles. The first kappa shape index (κ1) is 15.6. The van der Waals surface area contributed by atoms with Crippen LogP contribution in [0.15, 0.2) is 18.2 Å². The van der Waals surface area contributed by atoms with Crippen molar-refractivity contribution in [2.45, 2.75) is 71.8 Å². The van der Waals surface area contributed by atoms with E-state index in [1.165, 1.54) is 50.5 Å². The predicted octanol–water partition coefficient (Wildman–Crippen LogP) is 5.04. The zero-order valence-electron chi connectivity index (χ0n) is 13.5. The van der Waals surface area contributed by atoms with Crippen LogP contribution in [0.5, 0.6) is 0 Å². The van der Waals surface area contributed by atoms with Crippen LogP contribution >= 0.6 is 0 Å². The molecule has 2 atom stereocenters. The van der Waals surface area contributed by atoms with Crippen molar-refractivity contribution < 1.29 is 0 Å². The molecule has 1 heteroatoms.